The number of amides is 2. The third-order valence-electron chi connectivity index (χ3n) is 6.59. The molecule has 2 aromatic heterocycles. The number of likely N-dealkylation sites (tertiary alicyclic amines) is 1. The number of pyridine rings is 1. The van der Waals surface area contributed by atoms with Gasteiger partial charge in [0.2, 0.25) is 0 Å². The summed E-state index contributed by atoms with van der Waals surface area (Å²) in [6, 6.07) is 6.22. The Kier molecular flexibility index (Phi) is 5.59. The number of ether oxygens (including phenoxy) is 1. The van der Waals surface area contributed by atoms with E-state index in [-0.39, 0.29) is 30.1 Å². The van der Waals surface area contributed by atoms with Gasteiger partial charge in [0, 0.05) is 38.3 Å². The molecule has 33 heavy (non-hydrogen) atoms. The molecule has 1 saturated heterocycles. The van der Waals surface area contributed by atoms with Gasteiger partial charge in [0.1, 0.15) is 11.5 Å². The summed E-state index contributed by atoms with van der Waals surface area (Å²) in [7, 11) is 1.69. The molecule has 2 aliphatic heterocycles. The number of piperidine rings is 1. The lowest BCUT2D eigenvalue weighted by atomic mass is 9.98. The Morgan fingerprint density at radius 2 is 1.94 bits per heavy atom. The number of fused-ring (bicyclic) bond motifs is 3. The van der Waals surface area contributed by atoms with Crippen LogP contribution in [0.5, 0.6) is 0 Å². The number of carbonyl (C=O) groups excluding carboxylic acids is 2. The molecule has 1 aromatic carbocycles. The van der Waals surface area contributed by atoms with Crippen molar-refractivity contribution in [3.05, 3.63) is 64.9 Å². The third-order valence-corrected chi connectivity index (χ3v) is 6.59. The minimum Gasteiger partial charge on any atom is -0.381 e. The van der Waals surface area contributed by atoms with Crippen LogP contribution in [0.4, 0.5) is 4.39 Å². The number of halogens is 1. The average molecular weight is 452 g/mol. The first-order valence-corrected chi connectivity index (χ1v) is 11.0. The monoisotopic (exact) mass is 452 g/mol. The van der Waals surface area contributed by atoms with Crippen molar-refractivity contribution in [2.75, 3.05) is 26.7 Å². The van der Waals surface area contributed by atoms with E-state index in [4.69, 9.17) is 4.74 Å². The van der Waals surface area contributed by atoms with Gasteiger partial charge >= 0.3 is 0 Å². The Balaban J connectivity index is 1.59. The molecule has 172 valence electrons. The molecule has 0 unspecified atom stereocenters. The number of methoxy groups -OCH3 is 1. The minimum absolute atomic E-state index is 0.0975. The highest BCUT2D eigenvalue weighted by Gasteiger charge is 2.32. The maximum atomic E-state index is 13.6. The molecular weight excluding hydrogens is 427 g/mol. The molecule has 0 atom stereocenters. The Bertz CT molecular complexity index is 1220. The molecule has 8 nitrogen and oxygen atoms in total. The third kappa shape index (κ3) is 3.87. The van der Waals surface area contributed by atoms with Crippen LogP contribution in [0.25, 0.3) is 10.9 Å². The molecule has 4 heterocycles. The molecule has 0 radical (unpaired) electrons. The number of aromatic nitrogens is 2. The van der Waals surface area contributed by atoms with Crippen molar-refractivity contribution in [3.63, 3.8) is 0 Å². The van der Waals surface area contributed by atoms with Crippen LogP contribution in [0.15, 0.2) is 36.7 Å². The van der Waals surface area contributed by atoms with Crippen LogP contribution in [0.1, 0.15) is 44.8 Å². The second kappa shape index (κ2) is 8.57. The van der Waals surface area contributed by atoms with Gasteiger partial charge in [0.05, 0.1) is 29.9 Å². The predicted molar refractivity (Wildman–Crippen MR) is 118 cm³/mol. The average Bonchev–Trinajstić information content (AvgIpc) is 3.21. The van der Waals surface area contributed by atoms with Crippen molar-refractivity contribution in [2.45, 2.75) is 31.9 Å². The van der Waals surface area contributed by atoms with E-state index in [1.807, 2.05) is 9.47 Å². The normalized spacial score (nSPS) is 17.0. The summed E-state index contributed by atoms with van der Waals surface area (Å²) in [6.07, 6.45) is 5.47. The van der Waals surface area contributed by atoms with Gasteiger partial charge in [0.15, 0.2) is 0 Å². The molecular formula is C24H25FN4O4. The first-order chi connectivity index (χ1) is 16.0. The van der Waals surface area contributed by atoms with Gasteiger partial charge in [-0.3, -0.25) is 14.8 Å². The Morgan fingerprint density at radius 3 is 2.64 bits per heavy atom. The maximum Gasteiger partial charge on any atom is 0.296 e. The van der Waals surface area contributed by atoms with E-state index < -0.39 is 5.91 Å². The number of hydroxylamine groups is 2. The van der Waals surface area contributed by atoms with Crippen molar-refractivity contribution in [2.24, 2.45) is 0 Å². The highest BCUT2D eigenvalue weighted by molar-refractivity contribution is 6.10. The lowest BCUT2D eigenvalue weighted by molar-refractivity contribution is -0.0606. The molecule has 3 aromatic rings. The van der Waals surface area contributed by atoms with Crippen molar-refractivity contribution in [3.8, 4) is 0 Å². The smallest absolute Gasteiger partial charge is 0.296 e. The van der Waals surface area contributed by atoms with Gasteiger partial charge in [-0.1, -0.05) is 12.1 Å². The standard InChI is InChI=1S/C24H25FN4O4/c1-33-17-6-9-27(10-7-17)23(30)19-14-28(13-15-2-4-16(25)5-3-15)20-12-26-22-18(21(19)20)8-11-29(32)24(22)31/h2-5,12,14,17,32H,6-11,13H2,1H3. The highest BCUT2D eigenvalue weighted by atomic mass is 19.1. The van der Waals surface area contributed by atoms with Gasteiger partial charge in [-0.25, -0.2) is 14.4 Å². The van der Waals surface area contributed by atoms with E-state index in [2.05, 4.69) is 4.98 Å². The summed E-state index contributed by atoms with van der Waals surface area (Å²) >= 11 is 0. The number of nitrogens with zero attached hydrogens (tertiary/aromatic N) is 4. The molecule has 0 saturated carbocycles. The highest BCUT2D eigenvalue weighted by Crippen LogP contribution is 2.32. The molecule has 9 heteroatoms. The number of rotatable bonds is 4. The van der Waals surface area contributed by atoms with Crippen LogP contribution in [0.3, 0.4) is 0 Å². The zero-order valence-corrected chi connectivity index (χ0v) is 18.3. The lowest BCUT2D eigenvalue weighted by Crippen LogP contribution is -2.40. The van der Waals surface area contributed by atoms with Crippen molar-refractivity contribution < 1.29 is 23.9 Å². The fourth-order valence-electron chi connectivity index (χ4n) is 4.76. The Morgan fingerprint density at radius 1 is 1.21 bits per heavy atom. The quantitative estimate of drug-likeness (QED) is 0.615. The summed E-state index contributed by atoms with van der Waals surface area (Å²) in [5.41, 5.74) is 2.97. The van der Waals surface area contributed by atoms with Crippen molar-refractivity contribution in [1.82, 2.24) is 19.5 Å². The molecule has 5 rings (SSSR count). The van der Waals surface area contributed by atoms with E-state index >= 15 is 0 Å². The maximum absolute atomic E-state index is 13.6. The van der Waals surface area contributed by atoms with Crippen molar-refractivity contribution >= 4 is 22.7 Å². The molecule has 0 spiro atoms. The topological polar surface area (TPSA) is 87.9 Å². The number of hydrogen-bond donors (Lipinski definition) is 1. The summed E-state index contributed by atoms with van der Waals surface area (Å²) in [4.78, 5) is 32.3. The van der Waals surface area contributed by atoms with Gasteiger partial charge in [-0.2, -0.15) is 0 Å². The molecule has 2 amide bonds. The summed E-state index contributed by atoms with van der Waals surface area (Å²) in [5, 5.41) is 11.2. The van der Waals surface area contributed by atoms with Gasteiger partial charge in [-0.15, -0.1) is 0 Å². The summed E-state index contributed by atoms with van der Waals surface area (Å²) in [6.45, 7) is 1.76. The van der Waals surface area contributed by atoms with Crippen LogP contribution in [-0.4, -0.2) is 69.4 Å². The number of carbonyl (C=O) groups is 2. The number of benzene rings is 1. The Hall–Kier alpha value is -3.30. The van der Waals surface area contributed by atoms with Crippen LogP contribution in [0, 0.1) is 5.82 Å². The van der Waals surface area contributed by atoms with E-state index in [9.17, 15) is 19.2 Å². The van der Waals surface area contributed by atoms with Crippen LogP contribution < -0.4 is 0 Å². The lowest BCUT2D eigenvalue weighted by Gasteiger charge is -2.31. The van der Waals surface area contributed by atoms with Gasteiger partial charge < -0.3 is 14.2 Å². The SMILES string of the molecule is COC1CCN(C(=O)c2cn(Cc3ccc(F)cc3)c3cnc4c(c23)CCN(O)C4=O)CC1. The van der Waals surface area contributed by atoms with Gasteiger partial charge in [0.25, 0.3) is 11.8 Å². The van der Waals surface area contributed by atoms with Crippen LogP contribution in [-0.2, 0) is 17.7 Å². The molecule has 0 bridgehead atoms. The van der Waals surface area contributed by atoms with Crippen LogP contribution >= 0.6 is 0 Å². The zero-order chi connectivity index (χ0) is 23.1. The van der Waals surface area contributed by atoms with E-state index in [1.165, 1.54) is 12.1 Å². The van der Waals surface area contributed by atoms with Crippen molar-refractivity contribution in [1.29, 1.82) is 0 Å². The Labute approximate surface area is 190 Å². The van der Waals surface area contributed by atoms with Gasteiger partial charge in [-0.05, 0) is 42.5 Å². The fourth-order valence-corrected chi connectivity index (χ4v) is 4.76. The predicted octanol–water partition coefficient (Wildman–Crippen LogP) is 2.86. The summed E-state index contributed by atoms with van der Waals surface area (Å²) in [5.74, 6) is -0.974. The van der Waals surface area contributed by atoms with E-state index in [0.717, 1.165) is 23.9 Å². The molecule has 0 aliphatic carbocycles. The van der Waals surface area contributed by atoms with Crippen LogP contribution in [0.2, 0.25) is 0 Å². The molecule has 1 N–H and O–H groups in total. The second-order valence-corrected chi connectivity index (χ2v) is 8.55. The van der Waals surface area contributed by atoms with E-state index in [0.29, 0.717) is 47.6 Å². The second-order valence-electron chi connectivity index (χ2n) is 8.55. The minimum atomic E-state index is -0.566. The first kappa shape index (κ1) is 21.5. The largest absolute Gasteiger partial charge is 0.381 e. The number of hydrogen-bond acceptors (Lipinski definition) is 5. The molecule has 1 fully saturated rings. The fraction of sp³-hybridized carbons (Fsp3) is 0.375. The zero-order valence-electron chi connectivity index (χ0n) is 18.3. The van der Waals surface area contributed by atoms with E-state index in [1.54, 1.807) is 31.6 Å². The first-order valence-electron chi connectivity index (χ1n) is 11.0. The molecule has 2 aliphatic rings. The summed E-state index contributed by atoms with van der Waals surface area (Å²) < 4.78 is 20.7.